The van der Waals surface area contributed by atoms with Gasteiger partial charge in [0.1, 0.15) is 11.3 Å². The van der Waals surface area contributed by atoms with Gasteiger partial charge >= 0.3 is 0 Å². The molecule has 0 saturated carbocycles. The first-order valence-electron chi connectivity index (χ1n) is 7.15. The zero-order valence-corrected chi connectivity index (χ0v) is 11.8. The molecule has 0 bridgehead atoms. The van der Waals surface area contributed by atoms with E-state index in [1.807, 2.05) is 17.7 Å². The van der Waals surface area contributed by atoms with Crippen molar-refractivity contribution in [1.29, 1.82) is 0 Å². The minimum absolute atomic E-state index is 0.122. The van der Waals surface area contributed by atoms with Crippen molar-refractivity contribution in [3.8, 4) is 0 Å². The van der Waals surface area contributed by atoms with Crippen molar-refractivity contribution >= 4 is 11.0 Å². The first-order chi connectivity index (χ1) is 10.2. The van der Waals surface area contributed by atoms with Crippen molar-refractivity contribution in [2.45, 2.75) is 19.0 Å². The van der Waals surface area contributed by atoms with Crippen molar-refractivity contribution in [2.75, 3.05) is 0 Å². The molecule has 1 aromatic heterocycles. The first-order valence-corrected chi connectivity index (χ1v) is 7.15. The molecule has 1 unspecified atom stereocenters. The summed E-state index contributed by atoms with van der Waals surface area (Å²) in [5, 5.41) is 3.51. The van der Waals surface area contributed by atoms with Gasteiger partial charge in [-0.05, 0) is 29.7 Å². The molecular formula is C17H16FN3. The van der Waals surface area contributed by atoms with Crippen LogP contribution in [0.3, 0.4) is 0 Å². The van der Waals surface area contributed by atoms with Crippen molar-refractivity contribution in [2.24, 2.45) is 7.05 Å². The van der Waals surface area contributed by atoms with Crippen LogP contribution in [0.4, 0.5) is 4.39 Å². The van der Waals surface area contributed by atoms with Crippen LogP contribution in [0.1, 0.15) is 23.0 Å². The Morgan fingerprint density at radius 3 is 2.76 bits per heavy atom. The van der Waals surface area contributed by atoms with E-state index in [9.17, 15) is 4.39 Å². The summed E-state index contributed by atoms with van der Waals surface area (Å²) in [6, 6.07) is 13.7. The largest absolute Gasteiger partial charge is 0.330 e. The van der Waals surface area contributed by atoms with E-state index >= 15 is 0 Å². The van der Waals surface area contributed by atoms with E-state index in [1.165, 1.54) is 17.2 Å². The lowest BCUT2D eigenvalue weighted by Gasteiger charge is -2.25. The molecule has 0 saturated heterocycles. The minimum atomic E-state index is -0.259. The number of fused-ring (bicyclic) bond motifs is 2. The first kappa shape index (κ1) is 12.5. The zero-order chi connectivity index (χ0) is 14.4. The molecule has 3 aromatic rings. The zero-order valence-electron chi connectivity index (χ0n) is 11.8. The normalized spacial score (nSPS) is 17.9. The Morgan fingerprint density at radius 1 is 1.14 bits per heavy atom. The van der Waals surface area contributed by atoms with Crippen LogP contribution in [0.15, 0.2) is 42.5 Å². The van der Waals surface area contributed by atoms with Gasteiger partial charge in [-0.1, -0.05) is 30.3 Å². The number of halogens is 1. The van der Waals surface area contributed by atoms with Gasteiger partial charge in [-0.15, -0.1) is 0 Å². The molecule has 4 rings (SSSR count). The molecule has 2 heterocycles. The number of hydrogen-bond acceptors (Lipinski definition) is 2. The van der Waals surface area contributed by atoms with Crippen molar-refractivity contribution in [3.05, 3.63) is 65.2 Å². The van der Waals surface area contributed by atoms with E-state index in [4.69, 9.17) is 0 Å². The van der Waals surface area contributed by atoms with Gasteiger partial charge in [0.2, 0.25) is 0 Å². The Bertz CT molecular complexity index is 822. The van der Waals surface area contributed by atoms with Crippen LogP contribution in [0.25, 0.3) is 11.0 Å². The molecule has 106 valence electrons. The molecule has 1 N–H and O–H groups in total. The van der Waals surface area contributed by atoms with Crippen molar-refractivity contribution < 1.29 is 4.39 Å². The molecule has 0 spiro atoms. The number of para-hydroxylation sites is 1. The predicted molar refractivity (Wildman–Crippen MR) is 80.4 cm³/mol. The van der Waals surface area contributed by atoms with Gasteiger partial charge in [0.05, 0.1) is 11.6 Å². The van der Waals surface area contributed by atoms with Crippen LogP contribution in [0.5, 0.6) is 0 Å². The van der Waals surface area contributed by atoms with Gasteiger partial charge in [0, 0.05) is 13.6 Å². The molecule has 1 aliphatic rings. The number of aryl methyl sites for hydroxylation is 1. The fourth-order valence-corrected chi connectivity index (χ4v) is 3.15. The standard InChI is InChI=1S/C17H16FN3/c1-21-15-8-4-7-13(18)16(15)20-17(21)14-9-11-5-2-3-6-12(11)10-19-14/h2-8,14,19H,9-10H2,1H3. The van der Waals surface area contributed by atoms with E-state index in [0.29, 0.717) is 5.52 Å². The number of benzene rings is 2. The number of hydrogen-bond donors (Lipinski definition) is 1. The Hall–Kier alpha value is -2.20. The van der Waals surface area contributed by atoms with E-state index < -0.39 is 0 Å². The van der Waals surface area contributed by atoms with E-state index in [1.54, 1.807) is 6.07 Å². The second kappa shape index (κ2) is 4.67. The maximum atomic E-state index is 13.9. The molecule has 1 aliphatic heterocycles. The van der Waals surface area contributed by atoms with Crippen molar-refractivity contribution in [3.63, 3.8) is 0 Å². The lowest BCUT2D eigenvalue weighted by molar-refractivity contribution is 0.467. The number of nitrogens with one attached hydrogen (secondary N) is 1. The van der Waals surface area contributed by atoms with Crippen LogP contribution in [0.2, 0.25) is 0 Å². The summed E-state index contributed by atoms with van der Waals surface area (Å²) in [4.78, 5) is 4.53. The molecule has 3 nitrogen and oxygen atoms in total. The van der Waals surface area contributed by atoms with Gasteiger partial charge in [-0.2, -0.15) is 0 Å². The third-order valence-corrected chi connectivity index (χ3v) is 4.29. The fraction of sp³-hybridized carbons (Fsp3) is 0.235. The lowest BCUT2D eigenvalue weighted by Crippen LogP contribution is -2.30. The summed E-state index contributed by atoms with van der Waals surface area (Å²) >= 11 is 0. The van der Waals surface area contributed by atoms with Crippen LogP contribution in [-0.2, 0) is 20.0 Å². The fourth-order valence-electron chi connectivity index (χ4n) is 3.15. The van der Waals surface area contributed by atoms with Gasteiger partial charge in [-0.3, -0.25) is 0 Å². The molecule has 0 amide bonds. The number of aromatic nitrogens is 2. The summed E-state index contributed by atoms with van der Waals surface area (Å²) in [6.07, 6.45) is 0.884. The highest BCUT2D eigenvalue weighted by atomic mass is 19.1. The highest BCUT2D eigenvalue weighted by Gasteiger charge is 2.24. The maximum absolute atomic E-state index is 13.9. The maximum Gasteiger partial charge on any atom is 0.151 e. The highest BCUT2D eigenvalue weighted by molar-refractivity contribution is 5.76. The molecule has 0 aliphatic carbocycles. The average molecular weight is 281 g/mol. The second-order valence-electron chi connectivity index (χ2n) is 5.54. The average Bonchev–Trinajstić information content (AvgIpc) is 2.86. The summed E-state index contributed by atoms with van der Waals surface area (Å²) in [7, 11) is 1.95. The summed E-state index contributed by atoms with van der Waals surface area (Å²) in [5.41, 5.74) is 3.97. The lowest BCUT2D eigenvalue weighted by atomic mass is 9.95. The van der Waals surface area contributed by atoms with Crippen LogP contribution in [-0.4, -0.2) is 9.55 Å². The Kier molecular flexibility index (Phi) is 2.79. The molecule has 1 atom stereocenters. The Morgan fingerprint density at radius 2 is 1.95 bits per heavy atom. The minimum Gasteiger partial charge on any atom is -0.330 e. The Labute approximate surface area is 122 Å². The number of imidazole rings is 1. The smallest absolute Gasteiger partial charge is 0.151 e. The molecule has 0 radical (unpaired) electrons. The SMILES string of the molecule is Cn1c(C2Cc3ccccc3CN2)nc2c(F)cccc21. The van der Waals surface area contributed by atoms with Gasteiger partial charge < -0.3 is 9.88 Å². The second-order valence-corrected chi connectivity index (χ2v) is 5.54. The van der Waals surface area contributed by atoms with Crippen LogP contribution in [0, 0.1) is 5.82 Å². The third-order valence-electron chi connectivity index (χ3n) is 4.29. The molecule has 2 aromatic carbocycles. The van der Waals surface area contributed by atoms with E-state index in [2.05, 4.69) is 34.6 Å². The molecule has 21 heavy (non-hydrogen) atoms. The Balaban J connectivity index is 1.78. The van der Waals surface area contributed by atoms with Gasteiger partial charge in [-0.25, -0.2) is 9.37 Å². The predicted octanol–water partition coefficient (Wildman–Crippen LogP) is 3.10. The molecule has 4 heteroatoms. The van der Waals surface area contributed by atoms with Gasteiger partial charge in [0.25, 0.3) is 0 Å². The highest BCUT2D eigenvalue weighted by Crippen LogP contribution is 2.28. The van der Waals surface area contributed by atoms with E-state index in [0.717, 1.165) is 24.3 Å². The summed E-state index contributed by atoms with van der Waals surface area (Å²) in [5.74, 6) is 0.634. The van der Waals surface area contributed by atoms with Crippen molar-refractivity contribution in [1.82, 2.24) is 14.9 Å². The molecular weight excluding hydrogens is 265 g/mol. The van der Waals surface area contributed by atoms with Gasteiger partial charge in [0.15, 0.2) is 5.82 Å². The third kappa shape index (κ3) is 1.94. The summed E-state index contributed by atoms with van der Waals surface area (Å²) < 4.78 is 15.9. The number of rotatable bonds is 1. The topological polar surface area (TPSA) is 29.9 Å². The number of nitrogens with zero attached hydrogens (tertiary/aromatic N) is 2. The van der Waals surface area contributed by atoms with Crippen LogP contribution < -0.4 is 5.32 Å². The van der Waals surface area contributed by atoms with Crippen LogP contribution >= 0.6 is 0 Å². The van der Waals surface area contributed by atoms with E-state index in [-0.39, 0.29) is 11.9 Å². The molecule has 0 fully saturated rings. The summed E-state index contributed by atoms with van der Waals surface area (Å²) in [6.45, 7) is 0.826. The quantitative estimate of drug-likeness (QED) is 0.743. The monoisotopic (exact) mass is 281 g/mol.